The first-order chi connectivity index (χ1) is 17.1. The van der Waals surface area contributed by atoms with Crippen molar-refractivity contribution in [2.45, 2.75) is 38.5 Å². The average molecular weight is 467 g/mol. The molecule has 2 aliphatic heterocycles. The quantitative estimate of drug-likeness (QED) is 0.389. The predicted octanol–water partition coefficient (Wildman–Crippen LogP) is 5.67. The fourth-order valence-electron chi connectivity index (χ4n) is 5.94. The number of amides is 1. The van der Waals surface area contributed by atoms with E-state index in [-0.39, 0.29) is 11.5 Å². The predicted molar refractivity (Wildman–Crippen MR) is 137 cm³/mol. The normalized spacial score (nSPS) is 16.6. The molecule has 0 saturated carbocycles. The Hall–Kier alpha value is -3.57. The smallest absolute Gasteiger partial charge is 0.256 e. The number of fused-ring (bicyclic) bond motifs is 3. The van der Waals surface area contributed by atoms with E-state index in [2.05, 4.69) is 54.0 Å². The molecule has 0 atom stereocenters. The van der Waals surface area contributed by atoms with Crippen LogP contribution in [0.25, 0.3) is 10.9 Å². The van der Waals surface area contributed by atoms with Crippen LogP contribution in [-0.4, -0.2) is 35.6 Å². The molecule has 5 nitrogen and oxygen atoms in total. The van der Waals surface area contributed by atoms with Crippen molar-refractivity contribution < 1.29 is 14.3 Å². The minimum Gasteiger partial charge on any atom is -0.496 e. The number of piperidine rings is 1. The summed E-state index contributed by atoms with van der Waals surface area (Å²) in [6, 6.07) is 24.8. The maximum atomic E-state index is 13.9. The number of hydrogen-bond donors (Lipinski definition) is 0. The van der Waals surface area contributed by atoms with Crippen molar-refractivity contribution in [3.05, 3.63) is 101 Å². The molecule has 1 saturated heterocycles. The molecule has 6 rings (SSSR count). The molecule has 1 amide bonds. The second-order valence-corrected chi connectivity index (χ2v) is 9.61. The number of para-hydroxylation sites is 2. The number of benzene rings is 3. The van der Waals surface area contributed by atoms with Crippen LogP contribution in [0.5, 0.6) is 5.75 Å². The first-order valence-electron chi connectivity index (χ1n) is 12.3. The van der Waals surface area contributed by atoms with E-state index in [1.165, 1.54) is 11.1 Å². The van der Waals surface area contributed by atoms with Crippen molar-refractivity contribution in [2.75, 3.05) is 20.2 Å². The molecule has 178 valence electrons. The van der Waals surface area contributed by atoms with Gasteiger partial charge in [-0.1, -0.05) is 60.7 Å². The molecular formula is C30H30N2O3. The second kappa shape index (κ2) is 8.58. The van der Waals surface area contributed by atoms with Gasteiger partial charge in [0.05, 0.1) is 31.4 Å². The van der Waals surface area contributed by atoms with Gasteiger partial charge in [-0.05, 0) is 43.0 Å². The van der Waals surface area contributed by atoms with Gasteiger partial charge in [-0.25, -0.2) is 0 Å². The summed E-state index contributed by atoms with van der Waals surface area (Å²) in [7, 11) is 1.70. The molecule has 1 fully saturated rings. The van der Waals surface area contributed by atoms with E-state index in [1.54, 1.807) is 7.11 Å². The van der Waals surface area contributed by atoms with Crippen molar-refractivity contribution in [3.8, 4) is 5.75 Å². The number of hydrogen-bond acceptors (Lipinski definition) is 3. The number of carbonyl (C=O) groups excluding carboxylic acids is 1. The van der Waals surface area contributed by atoms with Gasteiger partial charge in [-0.2, -0.15) is 0 Å². The molecule has 2 aliphatic rings. The van der Waals surface area contributed by atoms with Crippen molar-refractivity contribution in [1.82, 2.24) is 9.47 Å². The van der Waals surface area contributed by atoms with Gasteiger partial charge in [0.1, 0.15) is 5.75 Å². The van der Waals surface area contributed by atoms with Gasteiger partial charge >= 0.3 is 0 Å². The number of carbonyl (C=O) groups is 1. The highest BCUT2D eigenvalue weighted by molar-refractivity contribution is 6.08. The number of nitrogens with zero attached hydrogens (tertiary/aromatic N) is 2. The Morgan fingerprint density at radius 1 is 0.971 bits per heavy atom. The molecule has 5 heteroatoms. The van der Waals surface area contributed by atoms with Crippen LogP contribution in [0.15, 0.2) is 72.8 Å². The monoisotopic (exact) mass is 466 g/mol. The van der Waals surface area contributed by atoms with E-state index in [1.807, 2.05) is 35.2 Å². The lowest BCUT2D eigenvalue weighted by Gasteiger charge is -2.39. The Morgan fingerprint density at radius 3 is 2.51 bits per heavy atom. The lowest BCUT2D eigenvalue weighted by atomic mass is 9.83. The summed E-state index contributed by atoms with van der Waals surface area (Å²) in [5, 5.41) is 1.01. The average Bonchev–Trinajstić information content (AvgIpc) is 3.39. The van der Waals surface area contributed by atoms with Gasteiger partial charge in [-0.3, -0.25) is 4.79 Å². The number of aromatic nitrogens is 1. The van der Waals surface area contributed by atoms with E-state index in [0.717, 1.165) is 46.3 Å². The molecule has 0 N–H and O–H groups in total. The van der Waals surface area contributed by atoms with E-state index in [9.17, 15) is 4.79 Å². The Morgan fingerprint density at radius 2 is 1.69 bits per heavy atom. The van der Waals surface area contributed by atoms with Gasteiger partial charge in [0.15, 0.2) is 0 Å². The molecule has 3 aromatic carbocycles. The van der Waals surface area contributed by atoms with Crippen molar-refractivity contribution in [1.29, 1.82) is 0 Å². The minimum absolute atomic E-state index is 0.110. The zero-order chi connectivity index (χ0) is 24.0. The zero-order valence-corrected chi connectivity index (χ0v) is 20.3. The van der Waals surface area contributed by atoms with Crippen LogP contribution in [0.2, 0.25) is 0 Å². The third kappa shape index (κ3) is 3.53. The molecule has 0 aliphatic carbocycles. The fourth-order valence-corrected chi connectivity index (χ4v) is 5.94. The summed E-state index contributed by atoms with van der Waals surface area (Å²) >= 11 is 0. The molecule has 1 spiro atoms. The van der Waals surface area contributed by atoms with Gasteiger partial charge < -0.3 is 18.9 Å². The van der Waals surface area contributed by atoms with Crippen molar-refractivity contribution >= 4 is 16.8 Å². The Bertz CT molecular complexity index is 1410. The van der Waals surface area contributed by atoms with Gasteiger partial charge in [0, 0.05) is 35.2 Å². The largest absolute Gasteiger partial charge is 0.496 e. The van der Waals surface area contributed by atoms with Crippen molar-refractivity contribution in [2.24, 2.45) is 0 Å². The SMILES string of the molecule is COc1ccccc1Cn1c(C)c(C(=O)N2CCC3(CC2)OCc2ccccc23)c2ccccc21. The van der Waals surface area contributed by atoms with Gasteiger partial charge in [-0.15, -0.1) is 0 Å². The maximum absolute atomic E-state index is 13.9. The van der Waals surface area contributed by atoms with Crippen LogP contribution < -0.4 is 4.74 Å². The fraction of sp³-hybridized carbons (Fsp3) is 0.300. The van der Waals surface area contributed by atoms with E-state index < -0.39 is 0 Å². The third-order valence-electron chi connectivity index (χ3n) is 7.84. The van der Waals surface area contributed by atoms with Crippen LogP contribution in [0.1, 0.15) is 45.6 Å². The summed E-state index contributed by atoms with van der Waals surface area (Å²) in [5.74, 6) is 0.967. The van der Waals surface area contributed by atoms with Gasteiger partial charge in [0.2, 0.25) is 0 Å². The summed E-state index contributed by atoms with van der Waals surface area (Å²) in [6.07, 6.45) is 1.66. The maximum Gasteiger partial charge on any atom is 0.256 e. The van der Waals surface area contributed by atoms with Crippen LogP contribution >= 0.6 is 0 Å². The highest BCUT2D eigenvalue weighted by Crippen LogP contribution is 2.44. The number of ether oxygens (including phenoxy) is 2. The van der Waals surface area contributed by atoms with Crippen LogP contribution in [-0.2, 0) is 23.5 Å². The van der Waals surface area contributed by atoms with Gasteiger partial charge in [0.25, 0.3) is 5.91 Å². The Balaban J connectivity index is 1.31. The van der Waals surface area contributed by atoms with Crippen LogP contribution in [0, 0.1) is 6.92 Å². The highest BCUT2D eigenvalue weighted by atomic mass is 16.5. The summed E-state index contributed by atoms with van der Waals surface area (Å²) < 4.78 is 14.1. The third-order valence-corrected chi connectivity index (χ3v) is 7.84. The van der Waals surface area contributed by atoms with Crippen LogP contribution in [0.4, 0.5) is 0 Å². The first kappa shape index (κ1) is 21.9. The number of rotatable bonds is 4. The number of methoxy groups -OCH3 is 1. The standard InChI is InChI=1S/C30H30N2O3/c1-21-28(24-11-5-7-13-26(24)32(21)19-22-9-4-8-14-27(22)34-2)29(33)31-17-15-30(16-18-31)25-12-6-3-10-23(25)20-35-30/h3-14H,15-20H2,1-2H3. The lowest BCUT2D eigenvalue weighted by Crippen LogP contribution is -2.45. The molecule has 4 aromatic rings. The lowest BCUT2D eigenvalue weighted by molar-refractivity contribution is -0.0741. The van der Waals surface area contributed by atoms with Crippen molar-refractivity contribution in [3.63, 3.8) is 0 Å². The summed E-state index contributed by atoms with van der Waals surface area (Å²) in [6.45, 7) is 4.76. The summed E-state index contributed by atoms with van der Waals surface area (Å²) in [4.78, 5) is 15.9. The van der Waals surface area contributed by atoms with E-state index in [0.29, 0.717) is 26.2 Å². The number of likely N-dealkylation sites (tertiary alicyclic amines) is 1. The van der Waals surface area contributed by atoms with Crippen LogP contribution in [0.3, 0.4) is 0 Å². The second-order valence-electron chi connectivity index (χ2n) is 9.61. The Kier molecular flexibility index (Phi) is 5.37. The van der Waals surface area contributed by atoms with E-state index in [4.69, 9.17) is 9.47 Å². The molecule has 0 unspecified atom stereocenters. The zero-order valence-electron chi connectivity index (χ0n) is 20.3. The molecule has 35 heavy (non-hydrogen) atoms. The highest BCUT2D eigenvalue weighted by Gasteiger charge is 2.43. The molecule has 0 radical (unpaired) electrons. The Labute approximate surface area is 205 Å². The molecule has 1 aromatic heterocycles. The molecular weight excluding hydrogens is 436 g/mol. The molecule has 0 bridgehead atoms. The minimum atomic E-state index is -0.250. The van der Waals surface area contributed by atoms with E-state index >= 15 is 0 Å². The first-order valence-corrected chi connectivity index (χ1v) is 12.3. The molecule has 3 heterocycles. The summed E-state index contributed by atoms with van der Waals surface area (Å²) in [5.41, 5.74) is 6.29. The topological polar surface area (TPSA) is 43.7 Å².